The summed E-state index contributed by atoms with van der Waals surface area (Å²) in [5.74, 6) is -0.386. The zero-order chi connectivity index (χ0) is 20.6. The molecule has 0 aliphatic heterocycles. The van der Waals surface area contributed by atoms with Crippen LogP contribution in [0, 0.1) is 0 Å². The van der Waals surface area contributed by atoms with Crippen molar-refractivity contribution in [3.63, 3.8) is 0 Å². The Hall–Kier alpha value is -3.87. The summed E-state index contributed by atoms with van der Waals surface area (Å²) in [6, 6.07) is 18.4. The normalized spacial score (nSPS) is 10.2. The van der Waals surface area contributed by atoms with Crippen molar-refractivity contribution in [1.29, 1.82) is 0 Å². The molecule has 29 heavy (non-hydrogen) atoms. The van der Waals surface area contributed by atoms with Gasteiger partial charge in [-0.15, -0.1) is 0 Å². The minimum atomic E-state index is -0.557. The molecule has 7 nitrogen and oxygen atoms in total. The van der Waals surface area contributed by atoms with Gasteiger partial charge in [-0.1, -0.05) is 30.3 Å². The van der Waals surface area contributed by atoms with E-state index in [1.165, 1.54) is 6.20 Å². The summed E-state index contributed by atoms with van der Waals surface area (Å²) in [6.07, 6.45) is 1.44. The Balaban J connectivity index is 1.75. The first-order chi connectivity index (χ1) is 14.1. The van der Waals surface area contributed by atoms with Crippen molar-refractivity contribution in [3.8, 4) is 0 Å². The summed E-state index contributed by atoms with van der Waals surface area (Å²) in [5.41, 5.74) is 8.65. The van der Waals surface area contributed by atoms with Gasteiger partial charge in [-0.25, -0.2) is 9.78 Å². The summed E-state index contributed by atoms with van der Waals surface area (Å²) in [5, 5.41) is 6.38. The molecule has 1 heterocycles. The molecule has 7 heteroatoms. The molecule has 0 aliphatic carbocycles. The number of nitrogens with two attached hydrogens (primary N) is 1. The Morgan fingerprint density at radius 3 is 2.45 bits per heavy atom. The van der Waals surface area contributed by atoms with Crippen LogP contribution < -0.4 is 16.4 Å². The summed E-state index contributed by atoms with van der Waals surface area (Å²) in [4.78, 5) is 27.7. The number of hydrogen-bond acceptors (Lipinski definition) is 6. The number of amides is 1. The highest BCUT2D eigenvalue weighted by molar-refractivity contribution is 5.98. The molecule has 0 spiro atoms. The van der Waals surface area contributed by atoms with Gasteiger partial charge in [0.25, 0.3) is 5.91 Å². The quantitative estimate of drug-likeness (QED) is 0.506. The first kappa shape index (κ1) is 19.9. The van der Waals surface area contributed by atoms with E-state index >= 15 is 0 Å². The van der Waals surface area contributed by atoms with Crippen molar-refractivity contribution in [2.45, 2.75) is 13.5 Å². The maximum absolute atomic E-state index is 11.7. The topological polar surface area (TPSA) is 106 Å². The fraction of sp³-hybridized carbons (Fsp3) is 0.136. The predicted octanol–water partition coefficient (Wildman–Crippen LogP) is 3.71. The molecule has 4 N–H and O–H groups in total. The van der Waals surface area contributed by atoms with E-state index in [4.69, 9.17) is 10.5 Å². The summed E-state index contributed by atoms with van der Waals surface area (Å²) in [6.45, 7) is 2.63. The van der Waals surface area contributed by atoms with Gasteiger partial charge < -0.3 is 21.1 Å². The molecule has 0 radical (unpaired) electrons. The third kappa shape index (κ3) is 5.32. The molecular weight excluding hydrogens is 368 g/mol. The average molecular weight is 390 g/mol. The number of nitrogens with one attached hydrogen (secondary N) is 2. The zero-order valence-electron chi connectivity index (χ0n) is 16.0. The van der Waals surface area contributed by atoms with E-state index in [-0.39, 0.29) is 5.97 Å². The number of carbonyl (C=O) groups excluding carboxylic acids is 2. The van der Waals surface area contributed by atoms with Gasteiger partial charge in [0.15, 0.2) is 0 Å². The number of hydrogen-bond donors (Lipinski definition) is 3. The van der Waals surface area contributed by atoms with Crippen molar-refractivity contribution in [1.82, 2.24) is 4.98 Å². The van der Waals surface area contributed by atoms with E-state index < -0.39 is 5.91 Å². The van der Waals surface area contributed by atoms with Crippen LogP contribution in [-0.2, 0) is 11.3 Å². The minimum Gasteiger partial charge on any atom is -0.462 e. The molecular formula is C22H22N4O3. The lowest BCUT2D eigenvalue weighted by molar-refractivity contribution is 0.0526. The number of ether oxygens (including phenoxy) is 1. The van der Waals surface area contributed by atoms with Crippen LogP contribution in [0.5, 0.6) is 0 Å². The Morgan fingerprint density at radius 2 is 1.79 bits per heavy atom. The molecule has 3 aromatic rings. The molecule has 3 rings (SSSR count). The van der Waals surface area contributed by atoms with E-state index in [2.05, 4.69) is 15.6 Å². The number of rotatable bonds is 8. The van der Waals surface area contributed by atoms with Gasteiger partial charge in [-0.05, 0) is 36.8 Å². The van der Waals surface area contributed by atoms with Crippen LogP contribution in [0.1, 0.15) is 33.2 Å². The second-order valence-corrected chi connectivity index (χ2v) is 6.24. The van der Waals surface area contributed by atoms with Gasteiger partial charge in [-0.3, -0.25) is 4.79 Å². The number of pyridine rings is 1. The molecule has 0 saturated heterocycles. The largest absolute Gasteiger partial charge is 0.462 e. The molecule has 148 valence electrons. The van der Waals surface area contributed by atoms with E-state index in [9.17, 15) is 9.59 Å². The molecule has 0 unspecified atom stereocenters. The van der Waals surface area contributed by atoms with Crippen molar-refractivity contribution >= 4 is 29.1 Å². The highest BCUT2D eigenvalue weighted by Gasteiger charge is 2.11. The van der Waals surface area contributed by atoms with Crippen LogP contribution in [0.4, 0.5) is 17.2 Å². The molecule has 2 aromatic carbocycles. The van der Waals surface area contributed by atoms with Gasteiger partial charge in [-0.2, -0.15) is 0 Å². The van der Waals surface area contributed by atoms with Crippen LogP contribution in [0.15, 0.2) is 66.9 Å². The van der Waals surface area contributed by atoms with Crippen LogP contribution in [0.3, 0.4) is 0 Å². The summed E-state index contributed by atoms with van der Waals surface area (Å²) in [7, 11) is 0. The van der Waals surface area contributed by atoms with E-state index in [0.29, 0.717) is 35.8 Å². The van der Waals surface area contributed by atoms with Gasteiger partial charge in [0.05, 0.1) is 23.4 Å². The second-order valence-electron chi connectivity index (χ2n) is 6.24. The Labute approximate surface area is 168 Å². The van der Waals surface area contributed by atoms with Crippen LogP contribution in [0.2, 0.25) is 0 Å². The van der Waals surface area contributed by atoms with Crippen LogP contribution in [0.25, 0.3) is 0 Å². The number of benzene rings is 2. The molecule has 1 amide bonds. The average Bonchev–Trinajstić information content (AvgIpc) is 2.73. The highest BCUT2D eigenvalue weighted by Crippen LogP contribution is 2.22. The van der Waals surface area contributed by atoms with Crippen LogP contribution in [-0.4, -0.2) is 23.5 Å². The first-order valence-corrected chi connectivity index (χ1v) is 9.18. The van der Waals surface area contributed by atoms with Gasteiger partial charge >= 0.3 is 5.97 Å². The Bertz CT molecular complexity index is 989. The Morgan fingerprint density at radius 1 is 1.07 bits per heavy atom. The van der Waals surface area contributed by atoms with Gasteiger partial charge in [0, 0.05) is 24.5 Å². The van der Waals surface area contributed by atoms with Crippen molar-refractivity contribution in [2.24, 2.45) is 5.73 Å². The van der Waals surface area contributed by atoms with Crippen molar-refractivity contribution < 1.29 is 14.3 Å². The summed E-state index contributed by atoms with van der Waals surface area (Å²) < 4.78 is 4.98. The smallest absolute Gasteiger partial charge is 0.338 e. The number of carbonyl (C=O) groups is 2. The molecule has 0 fully saturated rings. The number of aromatic nitrogens is 1. The number of anilines is 3. The van der Waals surface area contributed by atoms with E-state index in [1.807, 2.05) is 30.3 Å². The third-order valence-electron chi connectivity index (χ3n) is 4.16. The van der Waals surface area contributed by atoms with Crippen molar-refractivity contribution in [3.05, 3.63) is 83.6 Å². The minimum absolute atomic E-state index is 0.309. The Kier molecular flexibility index (Phi) is 6.42. The lowest BCUT2D eigenvalue weighted by Crippen LogP contribution is -2.15. The summed E-state index contributed by atoms with van der Waals surface area (Å²) >= 11 is 0. The molecule has 1 aromatic heterocycles. The molecule has 0 bridgehead atoms. The van der Waals surface area contributed by atoms with Gasteiger partial charge in [0.1, 0.15) is 5.82 Å². The maximum atomic E-state index is 11.7. The number of primary amides is 1. The monoisotopic (exact) mass is 390 g/mol. The predicted molar refractivity (Wildman–Crippen MR) is 112 cm³/mol. The number of nitrogens with zero attached hydrogens (tertiary/aromatic N) is 1. The standard InChI is InChI=1S/C22H22N4O3/c1-2-29-22(28)16-8-10-17(11-9-16)26-20-12-19(18(14-25-20)21(23)27)24-13-15-6-4-3-5-7-15/h3-12,14H,2,13H2,1H3,(H2,23,27)(H2,24,25,26). The lowest BCUT2D eigenvalue weighted by Gasteiger charge is -2.13. The number of esters is 1. The molecule has 0 atom stereocenters. The van der Waals surface area contributed by atoms with E-state index in [0.717, 1.165) is 11.3 Å². The second kappa shape index (κ2) is 9.36. The van der Waals surface area contributed by atoms with Gasteiger partial charge in [0.2, 0.25) is 0 Å². The fourth-order valence-corrected chi connectivity index (χ4v) is 2.71. The fourth-order valence-electron chi connectivity index (χ4n) is 2.71. The lowest BCUT2D eigenvalue weighted by atomic mass is 10.2. The van der Waals surface area contributed by atoms with Crippen molar-refractivity contribution in [2.75, 3.05) is 17.2 Å². The molecule has 0 aliphatic rings. The SMILES string of the molecule is CCOC(=O)c1ccc(Nc2cc(NCc3ccccc3)c(C(N)=O)cn2)cc1. The van der Waals surface area contributed by atoms with E-state index in [1.54, 1.807) is 37.3 Å². The zero-order valence-corrected chi connectivity index (χ0v) is 16.0. The third-order valence-corrected chi connectivity index (χ3v) is 4.16. The first-order valence-electron chi connectivity index (χ1n) is 9.18. The highest BCUT2D eigenvalue weighted by atomic mass is 16.5. The van der Waals surface area contributed by atoms with Crippen LogP contribution >= 0.6 is 0 Å². The molecule has 0 saturated carbocycles. The maximum Gasteiger partial charge on any atom is 0.338 e.